The minimum absolute atomic E-state index is 0.0965. The predicted molar refractivity (Wildman–Crippen MR) is 189 cm³/mol. The zero-order chi connectivity index (χ0) is 33.2. The number of aromatic nitrogens is 4. The van der Waals surface area contributed by atoms with Gasteiger partial charge in [-0.15, -0.1) is 0 Å². The van der Waals surface area contributed by atoms with Crippen LogP contribution in [0, 0.1) is 0 Å². The third kappa shape index (κ3) is 6.21. The highest BCUT2D eigenvalue weighted by Crippen LogP contribution is 2.44. The molecule has 1 N–H and O–H groups in total. The fraction of sp³-hybridized carbons (Fsp3) is 0.368. The number of fused-ring (bicyclic) bond motifs is 1. The fourth-order valence-electron chi connectivity index (χ4n) is 7.42. The summed E-state index contributed by atoms with van der Waals surface area (Å²) in [7, 11) is -2.70. The predicted octanol–water partition coefficient (Wildman–Crippen LogP) is 6.62. The molecule has 0 bridgehead atoms. The lowest BCUT2D eigenvalue weighted by molar-refractivity contribution is -0.329. The van der Waals surface area contributed by atoms with E-state index in [1.807, 2.05) is 22.8 Å². The summed E-state index contributed by atoms with van der Waals surface area (Å²) in [5, 5.41) is 5.31. The largest absolute Gasteiger partial charge is 0.405 e. The van der Waals surface area contributed by atoms with Gasteiger partial charge in [-0.3, -0.25) is 9.36 Å². The van der Waals surface area contributed by atoms with E-state index in [1.165, 1.54) is 16.7 Å². The van der Waals surface area contributed by atoms with E-state index in [4.69, 9.17) is 13.9 Å². The van der Waals surface area contributed by atoms with Crippen molar-refractivity contribution in [3.63, 3.8) is 0 Å². The molecule has 2 saturated heterocycles. The van der Waals surface area contributed by atoms with Crippen molar-refractivity contribution in [3.8, 4) is 0 Å². The second kappa shape index (κ2) is 13.4. The molecule has 4 heterocycles. The molecule has 2 aliphatic rings. The maximum Gasteiger partial charge on any atom is 0.261 e. The van der Waals surface area contributed by atoms with E-state index in [1.54, 1.807) is 18.5 Å². The topological polar surface area (TPSA) is 100 Å². The van der Waals surface area contributed by atoms with Crippen LogP contribution in [-0.4, -0.2) is 52.2 Å². The first-order valence-electron chi connectivity index (χ1n) is 16.9. The van der Waals surface area contributed by atoms with Gasteiger partial charge in [-0.25, -0.2) is 15.0 Å². The van der Waals surface area contributed by atoms with Gasteiger partial charge in [-0.05, 0) is 53.2 Å². The summed E-state index contributed by atoms with van der Waals surface area (Å²) in [4.78, 5) is 26.4. The number of anilines is 1. The van der Waals surface area contributed by atoms with Gasteiger partial charge in [0.2, 0.25) is 0 Å². The first kappa shape index (κ1) is 32.3. The number of amides is 1. The average molecular weight is 662 g/mol. The maximum absolute atomic E-state index is 12.9. The summed E-state index contributed by atoms with van der Waals surface area (Å²) in [6.45, 7) is 7.40. The second-order valence-electron chi connectivity index (χ2n) is 13.8. The minimum atomic E-state index is -2.70. The smallest absolute Gasteiger partial charge is 0.261 e. The Balaban J connectivity index is 1.10. The van der Waals surface area contributed by atoms with Crippen LogP contribution in [0.2, 0.25) is 5.04 Å². The lowest BCUT2D eigenvalue weighted by Crippen LogP contribution is -2.67. The Kier molecular flexibility index (Phi) is 8.99. The number of rotatable bonds is 8. The van der Waals surface area contributed by atoms with Crippen LogP contribution in [0.3, 0.4) is 0 Å². The third-order valence-corrected chi connectivity index (χ3v) is 14.7. The summed E-state index contributed by atoms with van der Waals surface area (Å²) < 4.78 is 23.0. The van der Waals surface area contributed by atoms with E-state index in [0.717, 1.165) is 38.5 Å². The van der Waals surface area contributed by atoms with Gasteiger partial charge >= 0.3 is 0 Å². The monoisotopic (exact) mass is 661 g/mol. The van der Waals surface area contributed by atoms with Gasteiger partial charge < -0.3 is 19.2 Å². The number of benzene rings is 3. The lowest BCUT2D eigenvalue weighted by Gasteiger charge is -2.47. The molecule has 0 unspecified atom stereocenters. The van der Waals surface area contributed by atoms with Gasteiger partial charge in [0.25, 0.3) is 14.2 Å². The SMILES string of the molecule is CC(C)(C)[Si](OC[C@H]1CCC[C@@]2(CCC[C@@H](n3cnc4c(NC(=O)c5ccccc5)ncnc43)O2)O1)(c1ccccc1)c1ccccc1. The Morgan fingerprint density at radius 2 is 1.50 bits per heavy atom. The highest BCUT2D eigenvalue weighted by Gasteiger charge is 2.51. The first-order valence-corrected chi connectivity index (χ1v) is 18.8. The summed E-state index contributed by atoms with van der Waals surface area (Å²) in [5.74, 6) is -0.596. The molecule has 48 heavy (non-hydrogen) atoms. The second-order valence-corrected chi connectivity index (χ2v) is 18.2. The van der Waals surface area contributed by atoms with Crippen LogP contribution < -0.4 is 15.7 Å². The van der Waals surface area contributed by atoms with E-state index < -0.39 is 14.1 Å². The summed E-state index contributed by atoms with van der Waals surface area (Å²) in [6, 6.07) is 30.5. The molecule has 1 spiro atoms. The Morgan fingerprint density at radius 3 is 2.15 bits per heavy atom. The van der Waals surface area contributed by atoms with Crippen molar-refractivity contribution in [2.45, 2.75) is 82.5 Å². The molecule has 248 valence electrons. The van der Waals surface area contributed by atoms with Gasteiger partial charge in [-0.2, -0.15) is 0 Å². The van der Waals surface area contributed by atoms with E-state index in [-0.39, 0.29) is 23.3 Å². The molecule has 1 amide bonds. The molecule has 0 saturated carbocycles. The quantitative estimate of drug-likeness (QED) is 0.187. The van der Waals surface area contributed by atoms with E-state index in [9.17, 15) is 4.79 Å². The van der Waals surface area contributed by atoms with Crippen LogP contribution in [-0.2, 0) is 13.9 Å². The maximum atomic E-state index is 12.9. The van der Waals surface area contributed by atoms with Crippen molar-refractivity contribution < 1.29 is 18.7 Å². The molecule has 7 rings (SSSR count). The van der Waals surface area contributed by atoms with Crippen LogP contribution in [0.1, 0.15) is 75.9 Å². The van der Waals surface area contributed by atoms with Crippen molar-refractivity contribution in [1.82, 2.24) is 19.5 Å². The van der Waals surface area contributed by atoms with Gasteiger partial charge in [0.1, 0.15) is 12.6 Å². The summed E-state index contributed by atoms with van der Waals surface area (Å²) in [5.41, 5.74) is 1.67. The molecule has 2 aliphatic heterocycles. The number of imidazole rings is 1. The number of carbonyl (C=O) groups is 1. The van der Waals surface area contributed by atoms with Crippen molar-refractivity contribution in [3.05, 3.63) is 109 Å². The number of nitrogens with zero attached hydrogens (tertiary/aromatic N) is 4. The van der Waals surface area contributed by atoms with Gasteiger partial charge in [0.05, 0.1) is 19.0 Å². The summed E-state index contributed by atoms with van der Waals surface area (Å²) >= 11 is 0. The first-order chi connectivity index (χ1) is 23.3. The number of carbonyl (C=O) groups excluding carboxylic acids is 1. The van der Waals surface area contributed by atoms with E-state index in [0.29, 0.717) is 29.2 Å². The zero-order valence-electron chi connectivity index (χ0n) is 27.8. The van der Waals surface area contributed by atoms with Crippen molar-refractivity contribution in [1.29, 1.82) is 0 Å². The molecule has 9 nitrogen and oxygen atoms in total. The third-order valence-electron chi connectivity index (χ3n) is 9.66. The Morgan fingerprint density at radius 1 is 0.875 bits per heavy atom. The molecule has 10 heteroatoms. The van der Waals surface area contributed by atoms with Crippen LogP contribution in [0.15, 0.2) is 104 Å². The number of ether oxygens (including phenoxy) is 2. The molecule has 5 aromatic rings. The number of hydrogen-bond acceptors (Lipinski definition) is 7. The molecule has 3 atom stereocenters. The van der Waals surface area contributed by atoms with Crippen LogP contribution >= 0.6 is 0 Å². The fourth-order valence-corrected chi connectivity index (χ4v) is 12.0. The van der Waals surface area contributed by atoms with Crippen molar-refractivity contribution >= 4 is 41.6 Å². The van der Waals surface area contributed by atoms with E-state index >= 15 is 0 Å². The Labute approximate surface area is 282 Å². The highest BCUT2D eigenvalue weighted by atomic mass is 28.4. The van der Waals surface area contributed by atoms with Gasteiger partial charge in [0, 0.05) is 18.4 Å². The van der Waals surface area contributed by atoms with Crippen molar-refractivity contribution in [2.24, 2.45) is 0 Å². The Hall–Kier alpha value is -4.22. The highest BCUT2D eigenvalue weighted by molar-refractivity contribution is 6.99. The molecule has 0 aliphatic carbocycles. The molecular weight excluding hydrogens is 619 g/mol. The molecule has 2 fully saturated rings. The standard InChI is InChI=1S/C38H43N5O4Si/c1-37(2,3)48(30-18-9-5-10-19-30,31-20-11-6-12-21-31)45-25-29-17-13-23-38(46-29)24-14-22-32(47-38)43-27-41-33-34(39-26-40-35(33)43)42-36(44)28-15-7-4-8-16-28/h4-12,15-16,18-21,26-27,29,32H,13-14,17,22-25H2,1-3H3,(H,39,40,42,44)/t29-,32+,38-/m1/s1. The van der Waals surface area contributed by atoms with Crippen molar-refractivity contribution in [2.75, 3.05) is 11.9 Å². The van der Waals surface area contributed by atoms with Crippen LogP contribution in [0.5, 0.6) is 0 Å². The molecular formula is C38H43N5O4Si. The van der Waals surface area contributed by atoms with Gasteiger partial charge in [-0.1, -0.05) is 99.6 Å². The van der Waals surface area contributed by atoms with Crippen LogP contribution in [0.25, 0.3) is 11.2 Å². The molecule has 0 radical (unpaired) electrons. The van der Waals surface area contributed by atoms with Crippen LogP contribution in [0.4, 0.5) is 5.82 Å². The Bertz CT molecular complexity index is 1800. The molecule has 3 aromatic carbocycles. The average Bonchev–Trinajstić information content (AvgIpc) is 3.55. The normalized spacial score (nSPS) is 21.7. The summed E-state index contributed by atoms with van der Waals surface area (Å²) in [6.07, 6.45) is 8.06. The zero-order valence-corrected chi connectivity index (χ0v) is 28.8. The minimum Gasteiger partial charge on any atom is -0.405 e. The number of nitrogens with one attached hydrogen (secondary N) is 1. The molecule has 2 aromatic heterocycles. The lowest BCUT2D eigenvalue weighted by atomic mass is 9.94. The van der Waals surface area contributed by atoms with E-state index in [2.05, 4.69) is 102 Å². The van der Waals surface area contributed by atoms with Gasteiger partial charge in [0.15, 0.2) is 22.8 Å². The number of hydrogen-bond donors (Lipinski definition) is 1.